The lowest BCUT2D eigenvalue weighted by molar-refractivity contribution is -0.126. The molecule has 1 unspecified atom stereocenters. The van der Waals surface area contributed by atoms with Gasteiger partial charge >= 0.3 is 0 Å². The zero-order chi connectivity index (χ0) is 15.2. The van der Waals surface area contributed by atoms with Crippen LogP contribution < -0.4 is 5.32 Å². The van der Waals surface area contributed by atoms with Gasteiger partial charge in [0.2, 0.25) is 5.91 Å². The SMILES string of the molecule is CCCCNC(=O)C(C)N1CCN(CC(C)(C)O)CC1. The van der Waals surface area contributed by atoms with Gasteiger partial charge in [0.15, 0.2) is 0 Å². The van der Waals surface area contributed by atoms with Crippen molar-refractivity contribution in [3.8, 4) is 0 Å². The minimum Gasteiger partial charge on any atom is -0.389 e. The summed E-state index contributed by atoms with van der Waals surface area (Å²) in [5, 5.41) is 12.8. The predicted octanol–water partition coefficient (Wildman–Crippen LogP) is 0.680. The van der Waals surface area contributed by atoms with E-state index in [1.165, 1.54) is 0 Å². The molecule has 0 bridgehead atoms. The van der Waals surface area contributed by atoms with Crippen LogP contribution in [0.2, 0.25) is 0 Å². The molecule has 0 aromatic heterocycles. The monoisotopic (exact) mass is 285 g/mol. The second-order valence-corrected chi connectivity index (χ2v) is 6.45. The highest BCUT2D eigenvalue weighted by molar-refractivity contribution is 5.81. The molecule has 1 atom stereocenters. The van der Waals surface area contributed by atoms with Crippen LogP contribution in [0.5, 0.6) is 0 Å². The molecule has 1 rings (SSSR count). The molecule has 1 aliphatic rings. The minimum atomic E-state index is -0.648. The molecule has 0 aromatic carbocycles. The summed E-state index contributed by atoms with van der Waals surface area (Å²) in [4.78, 5) is 16.5. The average molecular weight is 285 g/mol. The Balaban J connectivity index is 2.31. The average Bonchev–Trinajstić information content (AvgIpc) is 2.37. The highest BCUT2D eigenvalue weighted by atomic mass is 16.3. The van der Waals surface area contributed by atoms with E-state index in [2.05, 4.69) is 22.0 Å². The van der Waals surface area contributed by atoms with E-state index in [0.29, 0.717) is 6.54 Å². The van der Waals surface area contributed by atoms with Crippen LogP contribution in [0.4, 0.5) is 0 Å². The van der Waals surface area contributed by atoms with E-state index in [1.807, 2.05) is 20.8 Å². The Bertz CT molecular complexity index is 294. The van der Waals surface area contributed by atoms with Crippen molar-refractivity contribution < 1.29 is 9.90 Å². The van der Waals surface area contributed by atoms with Gasteiger partial charge in [0, 0.05) is 39.3 Å². The number of unbranched alkanes of at least 4 members (excludes halogenated alkanes) is 1. The van der Waals surface area contributed by atoms with E-state index < -0.39 is 5.60 Å². The molecule has 5 heteroatoms. The number of rotatable bonds is 7. The Morgan fingerprint density at radius 3 is 2.40 bits per heavy atom. The van der Waals surface area contributed by atoms with Gasteiger partial charge in [-0.1, -0.05) is 13.3 Å². The number of amides is 1. The molecule has 0 aromatic rings. The van der Waals surface area contributed by atoms with Crippen molar-refractivity contribution in [2.45, 2.75) is 52.2 Å². The Kier molecular flexibility index (Phi) is 6.92. The topological polar surface area (TPSA) is 55.8 Å². The van der Waals surface area contributed by atoms with Crippen LogP contribution in [0.15, 0.2) is 0 Å². The smallest absolute Gasteiger partial charge is 0.237 e. The fourth-order valence-corrected chi connectivity index (χ4v) is 2.56. The molecule has 0 spiro atoms. The van der Waals surface area contributed by atoms with Gasteiger partial charge in [-0.2, -0.15) is 0 Å². The van der Waals surface area contributed by atoms with Gasteiger partial charge < -0.3 is 10.4 Å². The first kappa shape index (κ1) is 17.4. The van der Waals surface area contributed by atoms with E-state index in [-0.39, 0.29) is 11.9 Å². The third kappa shape index (κ3) is 6.20. The van der Waals surface area contributed by atoms with Crippen molar-refractivity contribution in [2.75, 3.05) is 39.3 Å². The number of carbonyl (C=O) groups is 1. The summed E-state index contributed by atoms with van der Waals surface area (Å²) in [5.74, 6) is 0.134. The molecule has 1 amide bonds. The highest BCUT2D eigenvalue weighted by Gasteiger charge is 2.27. The third-order valence-corrected chi connectivity index (χ3v) is 3.77. The van der Waals surface area contributed by atoms with Crippen molar-refractivity contribution in [3.05, 3.63) is 0 Å². The Hall–Kier alpha value is -0.650. The lowest BCUT2D eigenvalue weighted by atomic mass is 10.1. The van der Waals surface area contributed by atoms with Gasteiger partial charge in [-0.05, 0) is 27.2 Å². The Labute approximate surface area is 123 Å². The van der Waals surface area contributed by atoms with Crippen LogP contribution in [0.25, 0.3) is 0 Å². The summed E-state index contributed by atoms with van der Waals surface area (Å²) in [6, 6.07) is -0.0591. The molecule has 1 heterocycles. The fourth-order valence-electron chi connectivity index (χ4n) is 2.56. The number of piperazine rings is 1. The van der Waals surface area contributed by atoms with Gasteiger partial charge in [-0.3, -0.25) is 14.6 Å². The number of carbonyl (C=O) groups excluding carboxylic acids is 1. The molecular formula is C15H31N3O2. The van der Waals surface area contributed by atoms with E-state index in [4.69, 9.17) is 0 Å². The molecule has 2 N–H and O–H groups in total. The molecule has 1 fully saturated rings. The van der Waals surface area contributed by atoms with Crippen LogP contribution >= 0.6 is 0 Å². The molecule has 20 heavy (non-hydrogen) atoms. The number of hydrogen-bond donors (Lipinski definition) is 2. The zero-order valence-electron chi connectivity index (χ0n) is 13.5. The summed E-state index contributed by atoms with van der Waals surface area (Å²) in [6.07, 6.45) is 2.14. The van der Waals surface area contributed by atoms with Crippen LogP contribution in [0.3, 0.4) is 0 Å². The van der Waals surface area contributed by atoms with Gasteiger partial charge in [-0.25, -0.2) is 0 Å². The molecule has 1 saturated heterocycles. The highest BCUT2D eigenvalue weighted by Crippen LogP contribution is 2.10. The summed E-state index contributed by atoms with van der Waals surface area (Å²) in [5.41, 5.74) is -0.648. The maximum Gasteiger partial charge on any atom is 0.237 e. The second-order valence-electron chi connectivity index (χ2n) is 6.45. The molecular weight excluding hydrogens is 254 g/mol. The van der Waals surface area contributed by atoms with Crippen LogP contribution in [-0.2, 0) is 4.79 Å². The van der Waals surface area contributed by atoms with Crippen LogP contribution in [0.1, 0.15) is 40.5 Å². The van der Waals surface area contributed by atoms with E-state index in [9.17, 15) is 9.90 Å². The molecule has 0 saturated carbocycles. The molecule has 1 aliphatic heterocycles. The van der Waals surface area contributed by atoms with Gasteiger partial charge in [0.25, 0.3) is 0 Å². The largest absolute Gasteiger partial charge is 0.389 e. The quantitative estimate of drug-likeness (QED) is 0.676. The molecule has 0 aliphatic carbocycles. The second kappa shape index (κ2) is 7.96. The fraction of sp³-hybridized carbons (Fsp3) is 0.933. The first-order valence-electron chi connectivity index (χ1n) is 7.80. The van der Waals surface area contributed by atoms with Gasteiger partial charge in [0.05, 0.1) is 11.6 Å². The van der Waals surface area contributed by atoms with E-state index in [0.717, 1.165) is 45.6 Å². The molecule has 118 valence electrons. The maximum atomic E-state index is 12.0. The summed E-state index contributed by atoms with van der Waals surface area (Å²) in [6.45, 7) is 12.8. The molecule has 5 nitrogen and oxygen atoms in total. The number of β-amino-alcohol motifs (C(OH)–C–C–N with tert-alkyl or cyclic N) is 1. The maximum absolute atomic E-state index is 12.0. The van der Waals surface area contributed by atoms with Crippen molar-refractivity contribution in [1.29, 1.82) is 0 Å². The van der Waals surface area contributed by atoms with Gasteiger partial charge in [-0.15, -0.1) is 0 Å². The first-order chi connectivity index (χ1) is 9.33. The zero-order valence-corrected chi connectivity index (χ0v) is 13.5. The number of nitrogens with zero attached hydrogens (tertiary/aromatic N) is 2. The number of hydrogen-bond acceptors (Lipinski definition) is 4. The lowest BCUT2D eigenvalue weighted by Gasteiger charge is -2.39. The third-order valence-electron chi connectivity index (χ3n) is 3.77. The molecule has 0 radical (unpaired) electrons. The number of nitrogens with one attached hydrogen (secondary N) is 1. The Morgan fingerprint density at radius 1 is 1.30 bits per heavy atom. The normalized spacial score (nSPS) is 19.9. The van der Waals surface area contributed by atoms with Crippen LogP contribution in [0, 0.1) is 0 Å². The van der Waals surface area contributed by atoms with Gasteiger partial charge in [0.1, 0.15) is 0 Å². The van der Waals surface area contributed by atoms with E-state index >= 15 is 0 Å². The van der Waals surface area contributed by atoms with Crippen LogP contribution in [-0.4, -0.2) is 71.7 Å². The minimum absolute atomic E-state index is 0.0591. The summed E-state index contributed by atoms with van der Waals surface area (Å²) in [7, 11) is 0. The summed E-state index contributed by atoms with van der Waals surface area (Å²) >= 11 is 0. The van der Waals surface area contributed by atoms with E-state index in [1.54, 1.807) is 0 Å². The standard InChI is InChI=1S/C15H31N3O2/c1-5-6-7-16-14(19)13(2)18-10-8-17(9-11-18)12-15(3,4)20/h13,20H,5-12H2,1-4H3,(H,16,19). The summed E-state index contributed by atoms with van der Waals surface area (Å²) < 4.78 is 0. The first-order valence-corrected chi connectivity index (χ1v) is 7.80. The lowest BCUT2D eigenvalue weighted by Crippen LogP contribution is -2.55. The number of aliphatic hydroxyl groups is 1. The van der Waals surface area contributed by atoms with Crippen molar-refractivity contribution in [3.63, 3.8) is 0 Å². The van der Waals surface area contributed by atoms with Crippen molar-refractivity contribution in [1.82, 2.24) is 15.1 Å². The predicted molar refractivity (Wildman–Crippen MR) is 81.7 cm³/mol. The Morgan fingerprint density at radius 2 is 1.90 bits per heavy atom. The van der Waals surface area contributed by atoms with Crippen molar-refractivity contribution >= 4 is 5.91 Å². The van der Waals surface area contributed by atoms with Crippen molar-refractivity contribution in [2.24, 2.45) is 0 Å².